The molecule has 0 aromatic carbocycles. The fourth-order valence-corrected chi connectivity index (χ4v) is 4.56. The third-order valence-electron chi connectivity index (χ3n) is 5.20. The summed E-state index contributed by atoms with van der Waals surface area (Å²) in [6.45, 7) is 0.493. The highest BCUT2D eigenvalue weighted by Crippen LogP contribution is 2.32. The van der Waals surface area contributed by atoms with Gasteiger partial charge in [-0.25, -0.2) is 23.1 Å². The van der Waals surface area contributed by atoms with Crippen LogP contribution < -0.4 is 10.0 Å². The Bertz CT molecular complexity index is 1040. The molecule has 1 aliphatic carbocycles. The van der Waals surface area contributed by atoms with Crippen LogP contribution in [0.4, 0.5) is 5.82 Å². The molecule has 0 aliphatic heterocycles. The summed E-state index contributed by atoms with van der Waals surface area (Å²) in [5.74, 6) is 1.06. The summed E-state index contributed by atoms with van der Waals surface area (Å²) in [7, 11) is -2.54. The molecule has 3 aromatic heterocycles. The monoisotopic (exact) mass is 419 g/mol. The van der Waals surface area contributed by atoms with Crippen molar-refractivity contribution in [3.8, 4) is 11.1 Å². The smallest absolute Gasteiger partial charge is 0.201 e. The highest BCUT2D eigenvalue weighted by atomic mass is 35.5. The number of hydrogen-bond donors (Lipinski definition) is 4. The summed E-state index contributed by atoms with van der Waals surface area (Å²) in [5.41, 5.74) is 2.83. The molecule has 0 amide bonds. The van der Waals surface area contributed by atoms with Crippen molar-refractivity contribution >= 4 is 39.3 Å². The molecule has 148 valence electrons. The van der Waals surface area contributed by atoms with Crippen molar-refractivity contribution in [3.63, 3.8) is 0 Å². The molecule has 1 saturated carbocycles. The number of hydrogen-bond acceptors (Lipinski definition) is 5. The summed E-state index contributed by atoms with van der Waals surface area (Å²) in [6, 6.07) is 8.02. The number of aromatic amines is 1. The van der Waals surface area contributed by atoms with Crippen LogP contribution in [0.1, 0.15) is 25.7 Å². The maximum atomic E-state index is 10.8. The van der Waals surface area contributed by atoms with Gasteiger partial charge in [0.25, 0.3) is 0 Å². The van der Waals surface area contributed by atoms with Crippen molar-refractivity contribution in [1.29, 1.82) is 0 Å². The molecule has 1 aliphatic rings. The number of halogens is 1. The number of nitrogens with zero attached hydrogens (tertiary/aromatic N) is 2. The number of H-pyrrole nitrogens is 1. The molecule has 3 heterocycles. The lowest BCUT2D eigenvalue weighted by molar-refractivity contribution is 0.335. The third kappa shape index (κ3) is 4.45. The Morgan fingerprint density at radius 2 is 2.18 bits per heavy atom. The first-order valence-corrected chi connectivity index (χ1v) is 10.9. The van der Waals surface area contributed by atoms with Crippen LogP contribution in [-0.2, 0) is 10.9 Å². The van der Waals surface area contributed by atoms with Crippen molar-refractivity contribution in [1.82, 2.24) is 19.7 Å². The Morgan fingerprint density at radius 3 is 3.04 bits per heavy atom. The van der Waals surface area contributed by atoms with Crippen LogP contribution in [0.5, 0.6) is 0 Å². The van der Waals surface area contributed by atoms with E-state index in [1.54, 1.807) is 6.20 Å². The van der Waals surface area contributed by atoms with E-state index in [0.717, 1.165) is 53.7 Å². The van der Waals surface area contributed by atoms with E-state index in [4.69, 9.17) is 11.6 Å². The average Bonchev–Trinajstić information content (AvgIpc) is 3.10. The Balaban J connectivity index is 1.53. The number of pyridine rings is 2. The number of thiol groups is 1. The average molecular weight is 420 g/mol. The molecule has 7 nitrogen and oxygen atoms in total. The molecular formula is C19H22ClN5O2S. The van der Waals surface area contributed by atoms with Crippen LogP contribution >= 0.6 is 11.6 Å². The molecule has 4 rings (SSSR count). The standard InChI is InChI=1S/C19H22ClN5O2S/c20-17-8-13(16-11-22-19-15(16)5-2-6-21-19)9-18(25-17)24-14-4-1-3-12(7-14)10-23-28(26)27/h2,5-6,8-9,11-12,14,28H,1,3-4,7,10H2,(H,21,22)(H,24,25)(H,23,26,27). The zero-order valence-corrected chi connectivity index (χ0v) is 16.8. The van der Waals surface area contributed by atoms with Crippen molar-refractivity contribution in [2.75, 3.05) is 11.9 Å². The molecular weight excluding hydrogens is 398 g/mol. The second-order valence-corrected chi connectivity index (χ2v) is 8.38. The van der Waals surface area contributed by atoms with E-state index in [1.165, 1.54) is 0 Å². The summed E-state index contributed by atoms with van der Waals surface area (Å²) < 4.78 is 24.1. The number of anilines is 1. The minimum absolute atomic E-state index is 0.244. The van der Waals surface area contributed by atoms with E-state index in [-0.39, 0.29) is 6.04 Å². The second-order valence-electron chi connectivity index (χ2n) is 7.16. The van der Waals surface area contributed by atoms with E-state index >= 15 is 0 Å². The molecule has 3 N–H and O–H groups in total. The van der Waals surface area contributed by atoms with Crippen LogP contribution in [-0.4, -0.2) is 36.0 Å². The summed E-state index contributed by atoms with van der Waals surface area (Å²) >= 11 is 6.29. The first-order chi connectivity index (χ1) is 13.6. The van der Waals surface area contributed by atoms with Gasteiger partial charge in [-0.05, 0) is 55.0 Å². The number of fused-ring (bicyclic) bond motifs is 1. The van der Waals surface area contributed by atoms with Crippen molar-refractivity contribution < 1.29 is 8.42 Å². The van der Waals surface area contributed by atoms with E-state index in [9.17, 15) is 8.42 Å². The molecule has 9 heteroatoms. The fraction of sp³-hybridized carbons (Fsp3) is 0.368. The highest BCUT2D eigenvalue weighted by Gasteiger charge is 2.22. The van der Waals surface area contributed by atoms with Gasteiger partial charge in [0.05, 0.1) is 0 Å². The number of nitrogens with one attached hydrogen (secondary N) is 3. The minimum atomic E-state index is -2.54. The predicted molar refractivity (Wildman–Crippen MR) is 112 cm³/mol. The largest absolute Gasteiger partial charge is 0.367 e. The van der Waals surface area contributed by atoms with Crippen LogP contribution in [0.2, 0.25) is 5.15 Å². The van der Waals surface area contributed by atoms with Crippen molar-refractivity contribution in [3.05, 3.63) is 41.8 Å². The molecule has 2 atom stereocenters. The van der Waals surface area contributed by atoms with Gasteiger partial charge in [0.2, 0.25) is 10.9 Å². The number of aromatic nitrogens is 3. The minimum Gasteiger partial charge on any atom is -0.367 e. The highest BCUT2D eigenvalue weighted by molar-refractivity contribution is 7.70. The SMILES string of the molecule is O=[SH](=O)NCC1CCCC(Nc2cc(-c3c[nH]c4ncccc34)cc(Cl)n2)C1. The van der Waals surface area contributed by atoms with Gasteiger partial charge in [0, 0.05) is 35.9 Å². The lowest BCUT2D eigenvalue weighted by atomic mass is 9.86. The van der Waals surface area contributed by atoms with Crippen LogP contribution in [0.25, 0.3) is 22.2 Å². The number of rotatable bonds is 6. The van der Waals surface area contributed by atoms with Gasteiger partial charge < -0.3 is 10.3 Å². The molecule has 0 spiro atoms. The lowest BCUT2D eigenvalue weighted by Gasteiger charge is -2.30. The normalized spacial score (nSPS) is 19.9. The lowest BCUT2D eigenvalue weighted by Crippen LogP contribution is -2.32. The van der Waals surface area contributed by atoms with Gasteiger partial charge in [-0.2, -0.15) is 0 Å². The molecule has 1 fully saturated rings. The third-order valence-corrected chi connectivity index (χ3v) is 5.83. The quantitative estimate of drug-likeness (QED) is 0.362. The van der Waals surface area contributed by atoms with Gasteiger partial charge in [0.15, 0.2) is 0 Å². The molecule has 0 saturated heterocycles. The summed E-state index contributed by atoms with van der Waals surface area (Å²) in [5, 5.41) is 4.95. The Kier molecular flexibility index (Phi) is 5.79. The zero-order valence-electron chi connectivity index (χ0n) is 15.2. The maximum absolute atomic E-state index is 10.8. The van der Waals surface area contributed by atoms with Crippen molar-refractivity contribution in [2.45, 2.75) is 31.7 Å². The van der Waals surface area contributed by atoms with Crippen molar-refractivity contribution in [2.24, 2.45) is 5.92 Å². The van der Waals surface area contributed by atoms with E-state index in [0.29, 0.717) is 17.6 Å². The first-order valence-electron chi connectivity index (χ1n) is 9.33. The van der Waals surface area contributed by atoms with Gasteiger partial charge in [-0.3, -0.25) is 0 Å². The Morgan fingerprint density at radius 1 is 1.29 bits per heavy atom. The molecule has 3 aromatic rings. The maximum Gasteiger partial charge on any atom is 0.201 e. The van der Waals surface area contributed by atoms with Crippen LogP contribution in [0.15, 0.2) is 36.7 Å². The Labute approximate surface area is 170 Å². The van der Waals surface area contributed by atoms with E-state index < -0.39 is 10.9 Å². The van der Waals surface area contributed by atoms with Gasteiger partial charge in [0.1, 0.15) is 16.6 Å². The Hall–Kier alpha value is -2.16. The summed E-state index contributed by atoms with van der Waals surface area (Å²) in [6.07, 6.45) is 7.70. The molecule has 0 bridgehead atoms. The molecule has 0 radical (unpaired) electrons. The van der Waals surface area contributed by atoms with Crippen LogP contribution in [0, 0.1) is 5.92 Å². The predicted octanol–water partition coefficient (Wildman–Crippen LogP) is 3.37. The topological polar surface area (TPSA) is 99.8 Å². The summed E-state index contributed by atoms with van der Waals surface area (Å²) in [4.78, 5) is 12.0. The molecule has 28 heavy (non-hydrogen) atoms. The first kappa shape index (κ1) is 19.2. The zero-order chi connectivity index (χ0) is 19.5. The van der Waals surface area contributed by atoms with E-state index in [1.807, 2.05) is 30.5 Å². The fourth-order valence-electron chi connectivity index (χ4n) is 3.94. The molecule has 2 unspecified atom stereocenters. The van der Waals surface area contributed by atoms with Crippen LogP contribution in [0.3, 0.4) is 0 Å². The van der Waals surface area contributed by atoms with E-state index in [2.05, 4.69) is 25.0 Å². The van der Waals surface area contributed by atoms with Gasteiger partial charge >= 0.3 is 0 Å². The second kappa shape index (κ2) is 8.46. The van der Waals surface area contributed by atoms with Gasteiger partial charge in [-0.1, -0.05) is 18.0 Å². The van der Waals surface area contributed by atoms with Gasteiger partial charge in [-0.15, -0.1) is 0 Å².